The Kier molecular flexibility index (Phi) is 9.10. The third-order valence-corrected chi connectivity index (χ3v) is 3.73. The Morgan fingerprint density at radius 3 is 2.32 bits per heavy atom. The molecule has 4 nitrogen and oxygen atoms in total. The lowest BCUT2D eigenvalue weighted by Gasteiger charge is -2.19. The van der Waals surface area contributed by atoms with Crippen LogP contribution in [-0.4, -0.2) is 24.5 Å². The van der Waals surface area contributed by atoms with Gasteiger partial charge in [0.05, 0.1) is 6.61 Å². The number of esters is 1. The summed E-state index contributed by atoms with van der Waals surface area (Å²) < 4.78 is 32.6. The number of unbranched alkanes of at least 4 members (excludes halogenated alkanes) is 3. The van der Waals surface area contributed by atoms with Gasteiger partial charge in [0, 0.05) is 0 Å². The van der Waals surface area contributed by atoms with Gasteiger partial charge in [-0.2, -0.15) is 0 Å². The lowest BCUT2D eigenvalue weighted by Crippen LogP contribution is -2.43. The van der Waals surface area contributed by atoms with Crippen molar-refractivity contribution in [2.45, 2.75) is 58.9 Å². The Bertz CT molecular complexity index is 556. The number of halogens is 2. The number of hydrogen-bond donors (Lipinski definition) is 1. The molecule has 0 spiro atoms. The van der Waals surface area contributed by atoms with Crippen molar-refractivity contribution in [2.24, 2.45) is 5.92 Å². The van der Waals surface area contributed by atoms with Crippen LogP contribution in [0.4, 0.5) is 8.78 Å². The molecule has 1 aromatic rings. The van der Waals surface area contributed by atoms with Gasteiger partial charge in [-0.15, -0.1) is 0 Å². The molecule has 1 aromatic carbocycles. The third-order valence-electron chi connectivity index (χ3n) is 3.73. The Morgan fingerprint density at radius 2 is 1.76 bits per heavy atom. The first kappa shape index (κ1) is 21.1. The highest BCUT2D eigenvalue weighted by molar-refractivity contribution is 5.97. The monoisotopic (exact) mass is 355 g/mol. The maximum Gasteiger partial charge on any atom is 0.328 e. The first-order valence-electron chi connectivity index (χ1n) is 8.78. The first-order valence-corrected chi connectivity index (χ1v) is 8.78. The SMILES string of the molecule is CCCCCCOC(=O)C(CC(C)C)NC(=O)c1c(F)cccc1F. The van der Waals surface area contributed by atoms with Crippen LogP contribution in [0.5, 0.6) is 0 Å². The molecule has 0 aromatic heterocycles. The number of hydrogen-bond acceptors (Lipinski definition) is 3. The second-order valence-corrected chi connectivity index (χ2v) is 6.48. The zero-order chi connectivity index (χ0) is 18.8. The summed E-state index contributed by atoms with van der Waals surface area (Å²) in [6.07, 6.45) is 4.19. The highest BCUT2D eigenvalue weighted by Crippen LogP contribution is 2.14. The largest absolute Gasteiger partial charge is 0.464 e. The van der Waals surface area contributed by atoms with E-state index in [-0.39, 0.29) is 12.5 Å². The van der Waals surface area contributed by atoms with Gasteiger partial charge in [-0.3, -0.25) is 4.79 Å². The van der Waals surface area contributed by atoms with Gasteiger partial charge in [0.1, 0.15) is 23.2 Å². The number of nitrogens with one attached hydrogen (secondary N) is 1. The average Bonchev–Trinajstić information content (AvgIpc) is 2.53. The standard InChI is InChI=1S/C19H27F2NO3/c1-4-5-6-7-11-25-19(24)16(12-13(2)3)22-18(23)17-14(20)9-8-10-15(17)21/h8-10,13,16H,4-7,11-12H2,1-3H3,(H,22,23). The van der Waals surface area contributed by atoms with Gasteiger partial charge in [0.2, 0.25) is 0 Å². The molecule has 0 heterocycles. The van der Waals surface area contributed by atoms with Crippen LogP contribution >= 0.6 is 0 Å². The van der Waals surface area contributed by atoms with E-state index in [1.807, 2.05) is 13.8 Å². The molecule has 25 heavy (non-hydrogen) atoms. The highest BCUT2D eigenvalue weighted by Gasteiger charge is 2.26. The van der Waals surface area contributed by atoms with Crippen LogP contribution in [-0.2, 0) is 9.53 Å². The minimum absolute atomic E-state index is 0.100. The average molecular weight is 355 g/mol. The first-order chi connectivity index (χ1) is 11.9. The fourth-order valence-corrected chi connectivity index (χ4v) is 2.43. The van der Waals surface area contributed by atoms with Gasteiger partial charge in [-0.25, -0.2) is 13.6 Å². The second kappa shape index (κ2) is 10.8. The van der Waals surface area contributed by atoms with Crippen molar-refractivity contribution in [3.8, 4) is 0 Å². The maximum atomic E-state index is 13.7. The zero-order valence-corrected chi connectivity index (χ0v) is 15.1. The van der Waals surface area contributed by atoms with Crippen LogP contribution < -0.4 is 5.32 Å². The molecular formula is C19H27F2NO3. The topological polar surface area (TPSA) is 55.4 Å². The van der Waals surface area contributed by atoms with E-state index in [4.69, 9.17) is 4.74 Å². The van der Waals surface area contributed by atoms with Crippen LogP contribution in [0.25, 0.3) is 0 Å². The molecule has 6 heteroatoms. The van der Waals surface area contributed by atoms with E-state index >= 15 is 0 Å². The molecule has 1 rings (SSSR count). The summed E-state index contributed by atoms with van der Waals surface area (Å²) in [5.74, 6) is -3.36. The Hall–Kier alpha value is -1.98. The molecule has 1 N–H and O–H groups in total. The second-order valence-electron chi connectivity index (χ2n) is 6.48. The van der Waals surface area contributed by atoms with Crippen LogP contribution in [0.3, 0.4) is 0 Å². The summed E-state index contributed by atoms with van der Waals surface area (Å²) in [6.45, 7) is 6.13. The number of carbonyl (C=O) groups excluding carboxylic acids is 2. The lowest BCUT2D eigenvalue weighted by molar-refractivity contribution is -0.146. The molecule has 0 aliphatic heterocycles. The summed E-state index contributed by atoms with van der Waals surface area (Å²) >= 11 is 0. The molecule has 0 bridgehead atoms. The minimum atomic E-state index is -0.964. The van der Waals surface area contributed by atoms with Crippen LogP contribution in [0.1, 0.15) is 63.2 Å². The van der Waals surface area contributed by atoms with Crippen molar-refractivity contribution < 1.29 is 23.1 Å². The van der Waals surface area contributed by atoms with Crippen LogP contribution in [0.15, 0.2) is 18.2 Å². The van der Waals surface area contributed by atoms with Crippen LogP contribution in [0.2, 0.25) is 0 Å². The fourth-order valence-electron chi connectivity index (χ4n) is 2.43. The molecule has 0 saturated carbocycles. The van der Waals surface area contributed by atoms with Crippen molar-refractivity contribution in [1.29, 1.82) is 0 Å². The van der Waals surface area contributed by atoms with Crippen molar-refractivity contribution in [3.05, 3.63) is 35.4 Å². The van der Waals surface area contributed by atoms with Crippen molar-refractivity contribution in [1.82, 2.24) is 5.32 Å². The summed E-state index contributed by atoms with van der Waals surface area (Å²) in [7, 11) is 0. The number of ether oxygens (including phenoxy) is 1. The highest BCUT2D eigenvalue weighted by atomic mass is 19.1. The number of rotatable bonds is 10. The number of carbonyl (C=O) groups is 2. The predicted octanol–water partition coefficient (Wildman–Crippen LogP) is 4.23. The smallest absolute Gasteiger partial charge is 0.328 e. The van der Waals surface area contributed by atoms with Gasteiger partial charge in [-0.1, -0.05) is 46.1 Å². The molecule has 1 amide bonds. The molecule has 0 radical (unpaired) electrons. The number of amides is 1. The van der Waals surface area contributed by atoms with E-state index in [1.165, 1.54) is 6.07 Å². The minimum Gasteiger partial charge on any atom is -0.464 e. The molecule has 0 aliphatic carbocycles. The fraction of sp³-hybridized carbons (Fsp3) is 0.579. The number of benzene rings is 1. The molecule has 0 aliphatic rings. The quantitative estimate of drug-likeness (QED) is 0.505. The van der Waals surface area contributed by atoms with Crippen LogP contribution in [0, 0.1) is 17.6 Å². The van der Waals surface area contributed by atoms with E-state index < -0.39 is 35.1 Å². The van der Waals surface area contributed by atoms with E-state index in [2.05, 4.69) is 12.2 Å². The van der Waals surface area contributed by atoms with Crippen molar-refractivity contribution in [3.63, 3.8) is 0 Å². The Balaban J connectivity index is 2.71. The molecule has 140 valence electrons. The molecular weight excluding hydrogens is 328 g/mol. The van der Waals surface area contributed by atoms with Gasteiger partial charge < -0.3 is 10.1 Å². The predicted molar refractivity (Wildman–Crippen MR) is 92.2 cm³/mol. The Labute approximate surface area is 147 Å². The van der Waals surface area contributed by atoms with Crippen molar-refractivity contribution in [2.75, 3.05) is 6.61 Å². The third kappa shape index (κ3) is 7.20. The lowest BCUT2D eigenvalue weighted by atomic mass is 10.0. The normalized spacial score (nSPS) is 12.1. The molecule has 0 saturated heterocycles. The zero-order valence-electron chi connectivity index (χ0n) is 15.1. The van der Waals surface area contributed by atoms with E-state index in [0.29, 0.717) is 6.42 Å². The van der Waals surface area contributed by atoms with E-state index in [9.17, 15) is 18.4 Å². The maximum absolute atomic E-state index is 13.7. The van der Waals surface area contributed by atoms with Gasteiger partial charge in [0.15, 0.2) is 0 Å². The summed E-state index contributed by atoms with van der Waals surface area (Å²) in [6, 6.07) is 2.25. The van der Waals surface area contributed by atoms with Gasteiger partial charge >= 0.3 is 5.97 Å². The summed E-state index contributed by atoms with van der Waals surface area (Å²) in [4.78, 5) is 24.4. The van der Waals surface area contributed by atoms with Gasteiger partial charge in [0.25, 0.3) is 5.91 Å². The molecule has 1 atom stereocenters. The summed E-state index contributed by atoms with van der Waals surface area (Å²) in [5, 5.41) is 2.40. The molecule has 1 unspecified atom stereocenters. The van der Waals surface area contributed by atoms with Crippen molar-refractivity contribution >= 4 is 11.9 Å². The van der Waals surface area contributed by atoms with E-state index in [0.717, 1.165) is 37.8 Å². The van der Waals surface area contributed by atoms with E-state index in [1.54, 1.807) is 0 Å². The van der Waals surface area contributed by atoms with Gasteiger partial charge in [-0.05, 0) is 30.9 Å². The molecule has 0 fully saturated rings. The Morgan fingerprint density at radius 1 is 1.12 bits per heavy atom. The summed E-state index contributed by atoms with van der Waals surface area (Å²) in [5.41, 5.74) is -0.688.